The van der Waals surface area contributed by atoms with Crippen molar-refractivity contribution in [3.05, 3.63) is 30.3 Å². The van der Waals surface area contributed by atoms with Crippen molar-refractivity contribution in [2.75, 3.05) is 5.32 Å². The van der Waals surface area contributed by atoms with Crippen LogP contribution in [0.15, 0.2) is 24.3 Å². The minimum absolute atomic E-state index is 0.550. The van der Waals surface area contributed by atoms with E-state index in [0.29, 0.717) is 6.04 Å². The average Bonchev–Trinajstić information content (AvgIpc) is 2.06. The molecule has 1 rings (SSSR count). The molecule has 0 aliphatic heterocycles. The molecule has 1 heteroatoms. The molecule has 0 fully saturated rings. The minimum atomic E-state index is 0.550. The largest absolute Gasteiger partial charge is 0.382 e. The van der Waals surface area contributed by atoms with Gasteiger partial charge in [0.25, 0.3) is 0 Å². The maximum Gasteiger partial charge on any atom is 0.0422 e. The van der Waals surface area contributed by atoms with Gasteiger partial charge in [0.05, 0.1) is 0 Å². The summed E-state index contributed by atoms with van der Waals surface area (Å²) in [5.41, 5.74) is 1.10. The Bertz CT molecular complexity index is 206. The Hall–Kier alpha value is -0.980. The molecule has 1 N–H and O–H groups in total. The van der Waals surface area contributed by atoms with Gasteiger partial charge in [0, 0.05) is 17.8 Å². The van der Waals surface area contributed by atoms with Crippen LogP contribution < -0.4 is 5.32 Å². The monoisotopic (exact) mass is 162 g/mol. The lowest BCUT2D eigenvalue weighted by Crippen LogP contribution is -2.14. The molecule has 0 saturated carbocycles. The number of benzene rings is 1. The summed E-state index contributed by atoms with van der Waals surface area (Å²) in [5, 5.41) is 3.39. The quantitative estimate of drug-likeness (QED) is 0.717. The fourth-order valence-corrected chi connectivity index (χ4v) is 1.25. The van der Waals surface area contributed by atoms with Crippen LogP contribution in [0.5, 0.6) is 0 Å². The Morgan fingerprint density at radius 1 is 1.50 bits per heavy atom. The Morgan fingerprint density at radius 3 is 2.92 bits per heavy atom. The van der Waals surface area contributed by atoms with Gasteiger partial charge in [0.15, 0.2) is 0 Å². The smallest absolute Gasteiger partial charge is 0.0422 e. The van der Waals surface area contributed by atoms with Crippen LogP contribution in [0.25, 0.3) is 0 Å². The summed E-state index contributed by atoms with van der Waals surface area (Å²) in [6.07, 6.45) is 2.43. The number of rotatable bonds is 4. The second kappa shape index (κ2) is 4.81. The van der Waals surface area contributed by atoms with Crippen molar-refractivity contribution in [1.29, 1.82) is 0 Å². The number of anilines is 1. The van der Waals surface area contributed by atoms with E-state index in [1.54, 1.807) is 0 Å². The fraction of sp³-hybridized carbons (Fsp3) is 0.455. The zero-order chi connectivity index (χ0) is 8.81. The number of nitrogens with one attached hydrogen (secondary N) is 1. The van der Waals surface area contributed by atoms with Crippen LogP contribution in [0.2, 0.25) is 0 Å². The molecule has 0 aliphatic rings. The van der Waals surface area contributed by atoms with Crippen LogP contribution in [0, 0.1) is 6.07 Å². The molecular weight excluding hydrogens is 146 g/mol. The van der Waals surface area contributed by atoms with Crippen molar-refractivity contribution in [2.24, 2.45) is 0 Å². The zero-order valence-corrected chi connectivity index (χ0v) is 7.80. The Kier molecular flexibility index (Phi) is 3.65. The van der Waals surface area contributed by atoms with Crippen LogP contribution in [0.1, 0.15) is 26.7 Å². The highest BCUT2D eigenvalue weighted by atomic mass is 14.9. The topological polar surface area (TPSA) is 12.0 Å². The summed E-state index contributed by atoms with van der Waals surface area (Å²) in [6.45, 7) is 4.40. The highest BCUT2D eigenvalue weighted by Crippen LogP contribution is 2.08. The van der Waals surface area contributed by atoms with Crippen molar-refractivity contribution in [3.63, 3.8) is 0 Å². The second-order valence-electron chi connectivity index (χ2n) is 3.11. The van der Waals surface area contributed by atoms with Crippen molar-refractivity contribution in [3.8, 4) is 0 Å². The van der Waals surface area contributed by atoms with Crippen LogP contribution >= 0.6 is 0 Å². The van der Waals surface area contributed by atoms with Gasteiger partial charge < -0.3 is 5.32 Å². The van der Waals surface area contributed by atoms with Crippen molar-refractivity contribution in [1.82, 2.24) is 0 Å². The van der Waals surface area contributed by atoms with E-state index in [-0.39, 0.29) is 0 Å². The first kappa shape index (κ1) is 9.11. The normalized spacial score (nSPS) is 12.5. The molecule has 0 aliphatic carbocycles. The highest BCUT2D eigenvalue weighted by Gasteiger charge is 1.98. The Labute approximate surface area is 74.8 Å². The van der Waals surface area contributed by atoms with Crippen LogP contribution in [-0.4, -0.2) is 6.04 Å². The van der Waals surface area contributed by atoms with Gasteiger partial charge in [0.2, 0.25) is 0 Å². The van der Waals surface area contributed by atoms with Gasteiger partial charge in [-0.25, -0.2) is 0 Å². The van der Waals surface area contributed by atoms with E-state index in [0.717, 1.165) is 5.69 Å². The summed E-state index contributed by atoms with van der Waals surface area (Å²) >= 11 is 0. The lowest BCUT2D eigenvalue weighted by atomic mass is 10.2. The molecule has 0 amide bonds. The maximum atomic E-state index is 3.39. The molecule has 1 atom stereocenters. The number of para-hydroxylation sites is 1. The fourth-order valence-electron chi connectivity index (χ4n) is 1.25. The summed E-state index contributed by atoms with van der Waals surface area (Å²) in [7, 11) is 0. The molecule has 65 valence electrons. The van der Waals surface area contributed by atoms with Gasteiger partial charge in [-0.05, 0) is 19.4 Å². The highest BCUT2D eigenvalue weighted by molar-refractivity contribution is 5.41. The summed E-state index contributed by atoms with van der Waals surface area (Å²) < 4.78 is 0. The molecule has 1 unspecified atom stereocenters. The predicted octanol–water partition coefficient (Wildman–Crippen LogP) is 3.09. The van der Waals surface area contributed by atoms with Crippen molar-refractivity contribution < 1.29 is 0 Å². The first-order valence-electron chi connectivity index (χ1n) is 4.56. The molecule has 1 aromatic carbocycles. The first-order chi connectivity index (χ1) is 5.83. The van der Waals surface area contributed by atoms with Crippen molar-refractivity contribution >= 4 is 5.69 Å². The van der Waals surface area contributed by atoms with Gasteiger partial charge in [-0.15, -0.1) is 0 Å². The van der Waals surface area contributed by atoms with Crippen LogP contribution in [0.3, 0.4) is 0 Å². The van der Waals surface area contributed by atoms with Crippen molar-refractivity contribution in [2.45, 2.75) is 32.7 Å². The van der Waals surface area contributed by atoms with Crippen LogP contribution in [-0.2, 0) is 0 Å². The minimum Gasteiger partial charge on any atom is -0.382 e. The van der Waals surface area contributed by atoms with E-state index in [1.807, 2.05) is 24.3 Å². The van der Waals surface area contributed by atoms with Crippen LogP contribution in [0.4, 0.5) is 5.69 Å². The Balaban J connectivity index is 2.41. The van der Waals surface area contributed by atoms with E-state index in [2.05, 4.69) is 25.2 Å². The molecule has 1 nitrogen and oxygen atoms in total. The van der Waals surface area contributed by atoms with E-state index in [9.17, 15) is 0 Å². The molecule has 0 spiro atoms. The van der Waals surface area contributed by atoms with E-state index in [1.165, 1.54) is 12.8 Å². The lowest BCUT2D eigenvalue weighted by Gasteiger charge is -2.13. The second-order valence-corrected chi connectivity index (χ2v) is 3.11. The molecule has 12 heavy (non-hydrogen) atoms. The average molecular weight is 162 g/mol. The van der Waals surface area contributed by atoms with Gasteiger partial charge in [-0.1, -0.05) is 31.5 Å². The van der Waals surface area contributed by atoms with E-state index >= 15 is 0 Å². The summed E-state index contributed by atoms with van der Waals surface area (Å²) in [6, 6.07) is 11.7. The molecule has 0 bridgehead atoms. The maximum absolute atomic E-state index is 3.39. The molecule has 0 heterocycles. The zero-order valence-electron chi connectivity index (χ0n) is 7.80. The third-order valence-electron chi connectivity index (χ3n) is 1.83. The van der Waals surface area contributed by atoms with Gasteiger partial charge >= 0.3 is 0 Å². The molecule has 1 radical (unpaired) electrons. The van der Waals surface area contributed by atoms with Gasteiger partial charge in [-0.3, -0.25) is 0 Å². The summed E-state index contributed by atoms with van der Waals surface area (Å²) in [4.78, 5) is 0. The first-order valence-corrected chi connectivity index (χ1v) is 4.56. The van der Waals surface area contributed by atoms with E-state index < -0.39 is 0 Å². The summed E-state index contributed by atoms with van der Waals surface area (Å²) in [5.74, 6) is 0. The van der Waals surface area contributed by atoms with Gasteiger partial charge in [0.1, 0.15) is 0 Å². The third-order valence-corrected chi connectivity index (χ3v) is 1.83. The third kappa shape index (κ3) is 2.95. The Morgan fingerprint density at radius 2 is 2.33 bits per heavy atom. The molecule has 1 aromatic rings. The molecule has 0 aromatic heterocycles. The van der Waals surface area contributed by atoms with Gasteiger partial charge in [-0.2, -0.15) is 0 Å². The predicted molar refractivity (Wildman–Crippen MR) is 53.3 cm³/mol. The lowest BCUT2D eigenvalue weighted by molar-refractivity contribution is 0.690. The number of hydrogen-bond acceptors (Lipinski definition) is 1. The number of hydrogen-bond donors (Lipinski definition) is 1. The molecule has 0 saturated heterocycles. The molecular formula is C11H16N. The SMILES string of the molecule is CCCC(C)Nc1[c]cccc1. The standard InChI is InChI=1S/C11H16N/c1-3-7-10(2)12-11-8-5-4-6-9-11/h4-6,8,10,12H,3,7H2,1-2H3. The van der Waals surface area contributed by atoms with E-state index in [4.69, 9.17) is 0 Å².